The first-order valence-electron chi connectivity index (χ1n) is 7.99. The number of amides is 1. The van der Waals surface area contributed by atoms with Gasteiger partial charge >= 0.3 is 0 Å². The van der Waals surface area contributed by atoms with E-state index >= 15 is 0 Å². The third-order valence-corrected chi connectivity index (χ3v) is 5.28. The number of carbonyl (C=O) groups excluding carboxylic acids is 1. The summed E-state index contributed by atoms with van der Waals surface area (Å²) in [6.45, 7) is 3.93. The quantitative estimate of drug-likeness (QED) is 0.834. The Bertz CT molecular complexity index is 313. The van der Waals surface area contributed by atoms with Crippen molar-refractivity contribution < 1.29 is 4.79 Å². The highest BCUT2D eigenvalue weighted by molar-refractivity contribution is 7.98. The second-order valence-corrected chi connectivity index (χ2v) is 7.03. The maximum atomic E-state index is 12.4. The predicted molar refractivity (Wildman–Crippen MR) is 93.2 cm³/mol. The molecule has 2 N–H and O–H groups in total. The Morgan fingerprint density at radius 1 is 1.19 bits per heavy atom. The van der Waals surface area contributed by atoms with Crippen molar-refractivity contribution in [2.75, 3.05) is 38.2 Å². The van der Waals surface area contributed by atoms with Gasteiger partial charge in [0.1, 0.15) is 0 Å². The molecule has 1 aliphatic carbocycles. The Balaban J connectivity index is 0.00000220. The molecular weight excluding hydrogens is 306 g/mol. The van der Waals surface area contributed by atoms with E-state index in [4.69, 9.17) is 5.73 Å². The van der Waals surface area contributed by atoms with Crippen LogP contribution in [0.15, 0.2) is 0 Å². The topological polar surface area (TPSA) is 49.6 Å². The molecule has 0 unspecified atom stereocenters. The van der Waals surface area contributed by atoms with E-state index in [1.165, 1.54) is 25.7 Å². The molecule has 0 bridgehead atoms. The van der Waals surface area contributed by atoms with Crippen molar-refractivity contribution in [1.29, 1.82) is 0 Å². The summed E-state index contributed by atoms with van der Waals surface area (Å²) in [6.07, 6.45) is 9.40. The maximum Gasteiger partial charge on any atom is 0.239 e. The Kier molecular flexibility index (Phi) is 9.02. The number of rotatable bonds is 5. The Morgan fingerprint density at radius 3 is 2.57 bits per heavy atom. The fraction of sp³-hybridized carbons (Fsp3) is 0.933. The normalized spacial score (nSPS) is 22.7. The standard InChI is InChI=1S/C15H29N3OS.ClH/c1-20-12-7-14(16)15(19)18-9-4-8-17(10-11-18)13-5-2-3-6-13;/h13-14H,2-12,16H2,1H3;1H/t14-;/m0./s1. The molecule has 21 heavy (non-hydrogen) atoms. The van der Waals surface area contributed by atoms with Gasteiger partial charge in [0.25, 0.3) is 0 Å². The van der Waals surface area contributed by atoms with Gasteiger partial charge in [-0.25, -0.2) is 0 Å². The molecule has 1 amide bonds. The van der Waals surface area contributed by atoms with Crippen molar-refractivity contribution in [3.8, 4) is 0 Å². The lowest BCUT2D eigenvalue weighted by Gasteiger charge is -2.28. The summed E-state index contributed by atoms with van der Waals surface area (Å²) in [6, 6.07) is 0.468. The number of hydrogen-bond donors (Lipinski definition) is 1. The molecule has 1 aliphatic heterocycles. The van der Waals surface area contributed by atoms with Crippen LogP contribution in [-0.4, -0.2) is 66.0 Å². The summed E-state index contributed by atoms with van der Waals surface area (Å²) < 4.78 is 0. The first-order valence-corrected chi connectivity index (χ1v) is 9.39. The minimum absolute atomic E-state index is 0. The molecule has 0 aromatic heterocycles. The molecule has 0 radical (unpaired) electrons. The highest BCUT2D eigenvalue weighted by atomic mass is 35.5. The zero-order chi connectivity index (χ0) is 14.4. The molecule has 6 heteroatoms. The average molecular weight is 336 g/mol. The summed E-state index contributed by atoms with van der Waals surface area (Å²) in [4.78, 5) is 17.0. The van der Waals surface area contributed by atoms with Crippen LogP contribution in [0.5, 0.6) is 0 Å². The lowest BCUT2D eigenvalue weighted by atomic mass is 10.2. The molecule has 0 aromatic carbocycles. The number of carbonyl (C=O) groups is 1. The van der Waals surface area contributed by atoms with E-state index in [1.807, 2.05) is 4.90 Å². The van der Waals surface area contributed by atoms with Gasteiger partial charge in [0.2, 0.25) is 5.91 Å². The molecule has 0 spiro atoms. The van der Waals surface area contributed by atoms with E-state index in [-0.39, 0.29) is 24.4 Å². The van der Waals surface area contributed by atoms with Crippen molar-refractivity contribution in [2.45, 2.75) is 50.6 Å². The summed E-state index contributed by atoms with van der Waals surface area (Å²) >= 11 is 1.76. The van der Waals surface area contributed by atoms with Gasteiger partial charge in [0.05, 0.1) is 6.04 Å². The van der Waals surface area contributed by atoms with E-state index in [0.717, 1.165) is 50.8 Å². The monoisotopic (exact) mass is 335 g/mol. The van der Waals surface area contributed by atoms with E-state index in [0.29, 0.717) is 0 Å². The van der Waals surface area contributed by atoms with Crippen LogP contribution in [0.2, 0.25) is 0 Å². The number of nitrogens with two attached hydrogens (primary N) is 1. The van der Waals surface area contributed by atoms with Gasteiger partial charge in [-0.1, -0.05) is 12.8 Å². The highest BCUT2D eigenvalue weighted by Gasteiger charge is 2.27. The average Bonchev–Trinajstić information content (AvgIpc) is 2.88. The first-order chi connectivity index (χ1) is 9.72. The minimum atomic E-state index is -0.305. The summed E-state index contributed by atoms with van der Waals surface area (Å²) in [5.74, 6) is 1.13. The zero-order valence-electron chi connectivity index (χ0n) is 13.1. The molecule has 2 fully saturated rings. The zero-order valence-corrected chi connectivity index (χ0v) is 14.8. The van der Waals surface area contributed by atoms with Crippen LogP contribution >= 0.6 is 24.2 Å². The summed E-state index contributed by atoms with van der Waals surface area (Å²) in [5, 5.41) is 0. The lowest BCUT2D eigenvalue weighted by molar-refractivity contribution is -0.132. The van der Waals surface area contributed by atoms with Crippen LogP contribution in [0, 0.1) is 0 Å². The molecule has 2 rings (SSSR count). The van der Waals surface area contributed by atoms with Gasteiger partial charge in [-0.05, 0) is 37.7 Å². The van der Waals surface area contributed by atoms with Gasteiger partial charge in [-0.2, -0.15) is 11.8 Å². The first kappa shape index (κ1) is 19.1. The second-order valence-electron chi connectivity index (χ2n) is 6.04. The van der Waals surface area contributed by atoms with Gasteiger partial charge in [-0.3, -0.25) is 9.69 Å². The predicted octanol–water partition coefficient (Wildman–Crippen LogP) is 1.97. The second kappa shape index (κ2) is 9.93. The van der Waals surface area contributed by atoms with Gasteiger partial charge in [0.15, 0.2) is 0 Å². The van der Waals surface area contributed by atoms with Crippen LogP contribution in [0.3, 0.4) is 0 Å². The van der Waals surface area contributed by atoms with E-state index < -0.39 is 0 Å². The summed E-state index contributed by atoms with van der Waals surface area (Å²) in [7, 11) is 0. The van der Waals surface area contributed by atoms with Crippen LogP contribution in [0.4, 0.5) is 0 Å². The van der Waals surface area contributed by atoms with Crippen molar-refractivity contribution in [1.82, 2.24) is 9.80 Å². The maximum absolute atomic E-state index is 12.4. The van der Waals surface area contributed by atoms with Crippen LogP contribution in [0.25, 0.3) is 0 Å². The largest absolute Gasteiger partial charge is 0.340 e. The SMILES string of the molecule is CSCC[C@H](N)C(=O)N1CCCN(C2CCCC2)CC1.Cl. The van der Waals surface area contributed by atoms with E-state index in [9.17, 15) is 4.79 Å². The Morgan fingerprint density at radius 2 is 1.90 bits per heavy atom. The van der Waals surface area contributed by atoms with Crippen LogP contribution < -0.4 is 5.73 Å². The third kappa shape index (κ3) is 5.62. The number of thioether (sulfide) groups is 1. The lowest BCUT2D eigenvalue weighted by Crippen LogP contribution is -2.46. The fourth-order valence-corrected chi connectivity index (χ4v) is 3.88. The van der Waals surface area contributed by atoms with Gasteiger partial charge in [0, 0.05) is 32.2 Å². The highest BCUT2D eigenvalue weighted by Crippen LogP contribution is 2.24. The van der Waals surface area contributed by atoms with Gasteiger partial charge < -0.3 is 10.6 Å². The Hall–Kier alpha value is 0.0300. The number of halogens is 1. The van der Waals surface area contributed by atoms with Crippen LogP contribution in [-0.2, 0) is 4.79 Å². The molecule has 2 aliphatic rings. The number of nitrogens with zero attached hydrogens (tertiary/aromatic N) is 2. The van der Waals surface area contributed by atoms with Crippen molar-refractivity contribution in [3.63, 3.8) is 0 Å². The van der Waals surface area contributed by atoms with Gasteiger partial charge in [-0.15, -0.1) is 12.4 Å². The number of hydrogen-bond acceptors (Lipinski definition) is 4. The minimum Gasteiger partial charge on any atom is -0.340 e. The molecule has 0 aromatic rings. The van der Waals surface area contributed by atoms with E-state index in [2.05, 4.69) is 11.2 Å². The molecule has 1 heterocycles. The van der Waals surface area contributed by atoms with Crippen LogP contribution in [0.1, 0.15) is 38.5 Å². The molecular formula is C15H30ClN3OS. The fourth-order valence-electron chi connectivity index (χ4n) is 3.40. The molecule has 1 atom stereocenters. The molecule has 1 saturated heterocycles. The van der Waals surface area contributed by atoms with Crippen molar-refractivity contribution in [2.24, 2.45) is 5.73 Å². The summed E-state index contributed by atoms with van der Waals surface area (Å²) in [5.41, 5.74) is 6.02. The molecule has 124 valence electrons. The Labute approximate surface area is 139 Å². The smallest absolute Gasteiger partial charge is 0.239 e. The molecule has 4 nitrogen and oxygen atoms in total. The molecule has 1 saturated carbocycles. The van der Waals surface area contributed by atoms with Crippen molar-refractivity contribution in [3.05, 3.63) is 0 Å². The van der Waals surface area contributed by atoms with E-state index in [1.54, 1.807) is 11.8 Å². The third-order valence-electron chi connectivity index (χ3n) is 4.63. The van der Waals surface area contributed by atoms with Crippen molar-refractivity contribution >= 4 is 30.1 Å².